The summed E-state index contributed by atoms with van der Waals surface area (Å²) in [6.07, 6.45) is 4.95. The molecule has 1 aromatic carbocycles. The number of nitrogens with one attached hydrogen (secondary N) is 1. The van der Waals surface area contributed by atoms with E-state index in [-0.39, 0.29) is 18.6 Å². The number of para-hydroxylation sites is 2. The first-order chi connectivity index (χ1) is 10.2. The number of aliphatic hydroxyl groups is 1. The number of carbonyl (C=O) groups is 1. The molecule has 1 heterocycles. The van der Waals surface area contributed by atoms with Gasteiger partial charge in [0.05, 0.1) is 18.0 Å². The third kappa shape index (κ3) is 4.72. The molecule has 4 N–H and O–H groups in total. The molecule has 5 nitrogen and oxygen atoms in total. The predicted octanol–water partition coefficient (Wildman–Crippen LogP) is 1.83. The van der Waals surface area contributed by atoms with E-state index < -0.39 is 0 Å². The molecule has 0 aliphatic carbocycles. The second kappa shape index (κ2) is 8.00. The normalized spacial score (nSPS) is 20.0. The number of nitrogens with zero attached hydrogens (tertiary/aromatic N) is 1. The zero-order chi connectivity index (χ0) is 15.1. The first kappa shape index (κ1) is 15.8. The fourth-order valence-electron chi connectivity index (χ4n) is 2.81. The number of amides is 1. The molecule has 1 saturated heterocycles. The van der Waals surface area contributed by atoms with Crippen LogP contribution >= 0.6 is 0 Å². The zero-order valence-corrected chi connectivity index (χ0v) is 12.4. The van der Waals surface area contributed by atoms with Crippen molar-refractivity contribution in [1.82, 2.24) is 4.90 Å². The molecule has 1 unspecified atom stereocenters. The van der Waals surface area contributed by atoms with Crippen LogP contribution in [0.5, 0.6) is 0 Å². The van der Waals surface area contributed by atoms with Crippen LogP contribution in [0.4, 0.5) is 11.4 Å². The van der Waals surface area contributed by atoms with Gasteiger partial charge in [-0.05, 0) is 31.5 Å². The predicted molar refractivity (Wildman–Crippen MR) is 85.0 cm³/mol. The fourth-order valence-corrected chi connectivity index (χ4v) is 2.81. The molecule has 116 valence electrons. The molecule has 1 atom stereocenters. The van der Waals surface area contributed by atoms with Gasteiger partial charge in [0, 0.05) is 19.0 Å². The number of carbonyl (C=O) groups excluding carboxylic acids is 1. The van der Waals surface area contributed by atoms with Crippen LogP contribution in [0.15, 0.2) is 24.3 Å². The number of hydrogen-bond acceptors (Lipinski definition) is 4. The van der Waals surface area contributed by atoms with Gasteiger partial charge in [-0.2, -0.15) is 0 Å². The Morgan fingerprint density at radius 3 is 2.90 bits per heavy atom. The van der Waals surface area contributed by atoms with E-state index in [0.717, 1.165) is 25.8 Å². The third-order valence-corrected chi connectivity index (χ3v) is 4.07. The second-order valence-corrected chi connectivity index (χ2v) is 5.61. The molecule has 0 spiro atoms. The molecule has 21 heavy (non-hydrogen) atoms. The third-order valence-electron chi connectivity index (χ3n) is 4.07. The molecular formula is C16H25N3O2. The Morgan fingerprint density at radius 2 is 2.14 bits per heavy atom. The highest BCUT2D eigenvalue weighted by Gasteiger charge is 2.20. The summed E-state index contributed by atoms with van der Waals surface area (Å²) in [6, 6.07) is 7.46. The summed E-state index contributed by atoms with van der Waals surface area (Å²) in [5.74, 6) is -0.0335. The highest BCUT2D eigenvalue weighted by Crippen LogP contribution is 2.18. The Kier molecular flexibility index (Phi) is 6.02. The molecule has 1 aliphatic rings. The summed E-state index contributed by atoms with van der Waals surface area (Å²) >= 11 is 0. The van der Waals surface area contributed by atoms with Gasteiger partial charge in [0.1, 0.15) is 0 Å². The van der Waals surface area contributed by atoms with E-state index in [0.29, 0.717) is 24.3 Å². The van der Waals surface area contributed by atoms with Crippen molar-refractivity contribution in [3.05, 3.63) is 24.3 Å². The van der Waals surface area contributed by atoms with Gasteiger partial charge in [0.2, 0.25) is 5.91 Å². The molecule has 0 aromatic heterocycles. The molecular weight excluding hydrogens is 266 g/mol. The van der Waals surface area contributed by atoms with E-state index in [1.807, 2.05) is 12.1 Å². The summed E-state index contributed by atoms with van der Waals surface area (Å²) in [7, 11) is 0. The summed E-state index contributed by atoms with van der Waals surface area (Å²) in [6.45, 7) is 1.82. The topological polar surface area (TPSA) is 78.6 Å². The van der Waals surface area contributed by atoms with Crippen molar-refractivity contribution in [2.24, 2.45) is 0 Å². The van der Waals surface area contributed by atoms with Crippen LogP contribution < -0.4 is 11.1 Å². The fraction of sp³-hybridized carbons (Fsp3) is 0.562. The van der Waals surface area contributed by atoms with Gasteiger partial charge in [-0.25, -0.2) is 0 Å². The van der Waals surface area contributed by atoms with Crippen molar-refractivity contribution in [2.45, 2.75) is 38.1 Å². The van der Waals surface area contributed by atoms with E-state index in [2.05, 4.69) is 10.2 Å². The largest absolute Gasteiger partial charge is 0.397 e. The maximum Gasteiger partial charge on any atom is 0.225 e. The van der Waals surface area contributed by atoms with Crippen LogP contribution in [0.25, 0.3) is 0 Å². The maximum atomic E-state index is 12.0. The quantitative estimate of drug-likeness (QED) is 0.723. The Labute approximate surface area is 126 Å². The number of anilines is 2. The van der Waals surface area contributed by atoms with Crippen molar-refractivity contribution in [3.63, 3.8) is 0 Å². The summed E-state index contributed by atoms with van der Waals surface area (Å²) in [5.41, 5.74) is 7.06. The second-order valence-electron chi connectivity index (χ2n) is 5.61. The van der Waals surface area contributed by atoms with Gasteiger partial charge in [-0.1, -0.05) is 25.0 Å². The lowest BCUT2D eigenvalue weighted by molar-refractivity contribution is -0.116. The molecule has 5 heteroatoms. The number of likely N-dealkylation sites (tertiary alicyclic amines) is 1. The van der Waals surface area contributed by atoms with Crippen molar-refractivity contribution < 1.29 is 9.90 Å². The molecule has 0 saturated carbocycles. The van der Waals surface area contributed by atoms with E-state index in [1.54, 1.807) is 12.1 Å². The van der Waals surface area contributed by atoms with E-state index in [4.69, 9.17) is 5.73 Å². The Morgan fingerprint density at radius 1 is 1.33 bits per heavy atom. The molecule has 1 amide bonds. The summed E-state index contributed by atoms with van der Waals surface area (Å²) in [5, 5.41) is 12.3. The van der Waals surface area contributed by atoms with Crippen LogP contribution in [0, 0.1) is 0 Å². The maximum absolute atomic E-state index is 12.0. The number of aliphatic hydroxyl groups excluding tert-OH is 1. The van der Waals surface area contributed by atoms with Crippen molar-refractivity contribution >= 4 is 17.3 Å². The first-order valence-electron chi connectivity index (χ1n) is 7.70. The molecule has 1 aliphatic heterocycles. The first-order valence-corrected chi connectivity index (χ1v) is 7.70. The minimum atomic E-state index is -0.0335. The van der Waals surface area contributed by atoms with Crippen LogP contribution in [-0.4, -0.2) is 41.7 Å². The molecule has 2 rings (SSSR count). The molecule has 0 bridgehead atoms. The van der Waals surface area contributed by atoms with E-state index >= 15 is 0 Å². The minimum absolute atomic E-state index is 0.0335. The number of rotatable bonds is 5. The standard InChI is InChI=1S/C16H25N3O2/c17-14-7-3-4-8-15(14)18-16(21)9-11-19-10-5-1-2-6-13(19)12-20/h3-4,7-8,13,20H,1-2,5-6,9-12,17H2,(H,18,21). The number of benzene rings is 1. The van der Waals surface area contributed by atoms with Gasteiger partial charge in [-0.3, -0.25) is 9.69 Å². The van der Waals surface area contributed by atoms with Gasteiger partial charge >= 0.3 is 0 Å². The van der Waals surface area contributed by atoms with Crippen LogP contribution in [0.1, 0.15) is 32.1 Å². The minimum Gasteiger partial charge on any atom is -0.397 e. The Hall–Kier alpha value is -1.59. The molecule has 1 aromatic rings. The van der Waals surface area contributed by atoms with Gasteiger partial charge in [0.25, 0.3) is 0 Å². The average Bonchev–Trinajstić information content (AvgIpc) is 2.72. The lowest BCUT2D eigenvalue weighted by Crippen LogP contribution is -2.39. The van der Waals surface area contributed by atoms with Crippen LogP contribution in [0.3, 0.4) is 0 Å². The van der Waals surface area contributed by atoms with Crippen molar-refractivity contribution in [3.8, 4) is 0 Å². The Balaban J connectivity index is 1.84. The van der Waals surface area contributed by atoms with Crippen molar-refractivity contribution in [2.75, 3.05) is 30.7 Å². The number of hydrogen-bond donors (Lipinski definition) is 3. The van der Waals surface area contributed by atoms with Gasteiger partial charge < -0.3 is 16.2 Å². The number of nitrogen functional groups attached to an aromatic ring is 1. The van der Waals surface area contributed by atoms with Crippen LogP contribution in [0.2, 0.25) is 0 Å². The van der Waals surface area contributed by atoms with E-state index in [9.17, 15) is 9.90 Å². The van der Waals surface area contributed by atoms with E-state index in [1.165, 1.54) is 6.42 Å². The van der Waals surface area contributed by atoms with Crippen LogP contribution in [-0.2, 0) is 4.79 Å². The number of nitrogens with two attached hydrogens (primary N) is 1. The molecule has 0 radical (unpaired) electrons. The van der Waals surface area contributed by atoms with Crippen molar-refractivity contribution in [1.29, 1.82) is 0 Å². The summed E-state index contributed by atoms with van der Waals surface area (Å²) < 4.78 is 0. The summed E-state index contributed by atoms with van der Waals surface area (Å²) in [4.78, 5) is 14.3. The molecule has 1 fully saturated rings. The highest BCUT2D eigenvalue weighted by molar-refractivity contribution is 5.93. The van der Waals surface area contributed by atoms with Gasteiger partial charge in [0.15, 0.2) is 0 Å². The monoisotopic (exact) mass is 291 g/mol. The Bertz CT molecular complexity index is 465. The lowest BCUT2D eigenvalue weighted by atomic mass is 10.1. The average molecular weight is 291 g/mol. The zero-order valence-electron chi connectivity index (χ0n) is 12.4. The van der Waals surface area contributed by atoms with Gasteiger partial charge in [-0.15, -0.1) is 0 Å². The lowest BCUT2D eigenvalue weighted by Gasteiger charge is -2.28. The smallest absolute Gasteiger partial charge is 0.225 e. The highest BCUT2D eigenvalue weighted by atomic mass is 16.3. The SMILES string of the molecule is Nc1ccccc1NC(=O)CCN1CCCCCC1CO.